The number of aryl methyl sites for hydroxylation is 1. The third-order valence-corrected chi connectivity index (χ3v) is 3.43. The number of fused-ring (bicyclic) bond motifs is 1. The Morgan fingerprint density at radius 1 is 1.50 bits per heavy atom. The predicted molar refractivity (Wildman–Crippen MR) is 77.9 cm³/mol. The molecule has 0 saturated carbocycles. The zero-order valence-electron chi connectivity index (χ0n) is 12.2. The van der Waals surface area contributed by atoms with E-state index in [0.717, 1.165) is 0 Å². The van der Waals surface area contributed by atoms with Crippen molar-refractivity contribution >= 4 is 16.9 Å². The summed E-state index contributed by atoms with van der Waals surface area (Å²) in [6.07, 6.45) is 3.01. The van der Waals surface area contributed by atoms with Crippen LogP contribution in [0, 0.1) is 12.7 Å². The summed E-state index contributed by atoms with van der Waals surface area (Å²) in [6, 6.07) is 4.45. The number of hydrogen-bond acceptors (Lipinski definition) is 4. The maximum absolute atomic E-state index is 13.7. The van der Waals surface area contributed by atoms with Gasteiger partial charge in [0.25, 0.3) is 5.91 Å². The maximum atomic E-state index is 13.7. The van der Waals surface area contributed by atoms with E-state index in [2.05, 4.69) is 15.4 Å². The van der Waals surface area contributed by atoms with Gasteiger partial charge >= 0.3 is 0 Å². The van der Waals surface area contributed by atoms with Crippen LogP contribution in [-0.2, 0) is 6.54 Å². The lowest BCUT2D eigenvalue weighted by molar-refractivity contribution is 0.0909. The Bertz CT molecular complexity index is 810. The van der Waals surface area contributed by atoms with Crippen molar-refractivity contribution in [3.8, 4) is 0 Å². The second kappa shape index (κ2) is 5.59. The lowest BCUT2D eigenvalue weighted by Crippen LogP contribution is -2.35. The van der Waals surface area contributed by atoms with E-state index in [4.69, 9.17) is 4.42 Å². The molecule has 114 valence electrons. The normalized spacial score (nSPS) is 12.5. The highest BCUT2D eigenvalue weighted by Gasteiger charge is 2.20. The summed E-state index contributed by atoms with van der Waals surface area (Å²) >= 11 is 0. The second-order valence-electron chi connectivity index (χ2n) is 5.16. The number of benzene rings is 1. The number of furan rings is 1. The molecule has 7 heteroatoms. The van der Waals surface area contributed by atoms with Crippen LogP contribution in [0.1, 0.15) is 23.0 Å². The molecule has 0 aliphatic rings. The van der Waals surface area contributed by atoms with Crippen LogP contribution in [0.25, 0.3) is 11.0 Å². The molecule has 2 aromatic heterocycles. The first-order chi connectivity index (χ1) is 10.6. The van der Waals surface area contributed by atoms with Gasteiger partial charge in [-0.3, -0.25) is 9.48 Å². The summed E-state index contributed by atoms with van der Waals surface area (Å²) in [4.78, 5) is 16.2. The van der Waals surface area contributed by atoms with Gasteiger partial charge in [0.1, 0.15) is 12.7 Å². The van der Waals surface area contributed by atoms with Gasteiger partial charge in [-0.1, -0.05) is 12.1 Å². The highest BCUT2D eigenvalue weighted by Crippen LogP contribution is 2.27. The molecule has 1 aromatic carbocycles. The smallest absolute Gasteiger partial charge is 0.287 e. The number of aromatic nitrogens is 3. The molecular formula is C15H15FN4O2. The van der Waals surface area contributed by atoms with Crippen LogP contribution in [0.3, 0.4) is 0 Å². The summed E-state index contributed by atoms with van der Waals surface area (Å²) in [5, 5.41) is 7.40. The molecule has 0 radical (unpaired) electrons. The molecule has 1 atom stereocenters. The van der Waals surface area contributed by atoms with Gasteiger partial charge in [0.05, 0.1) is 6.54 Å². The third-order valence-electron chi connectivity index (χ3n) is 3.43. The van der Waals surface area contributed by atoms with Crippen molar-refractivity contribution in [3.63, 3.8) is 0 Å². The summed E-state index contributed by atoms with van der Waals surface area (Å²) < 4.78 is 20.7. The minimum absolute atomic E-state index is 0.106. The first-order valence-electron chi connectivity index (χ1n) is 6.87. The number of rotatable bonds is 4. The molecule has 22 heavy (non-hydrogen) atoms. The molecule has 2 heterocycles. The molecule has 0 aliphatic carbocycles. The van der Waals surface area contributed by atoms with E-state index in [1.807, 2.05) is 6.92 Å². The molecule has 3 rings (SSSR count). The Morgan fingerprint density at radius 3 is 3.00 bits per heavy atom. The number of carbonyl (C=O) groups excluding carboxylic acids is 1. The van der Waals surface area contributed by atoms with Gasteiger partial charge in [0.15, 0.2) is 17.2 Å². The molecule has 1 amide bonds. The van der Waals surface area contributed by atoms with Gasteiger partial charge in [-0.25, -0.2) is 9.37 Å². The van der Waals surface area contributed by atoms with Crippen LogP contribution in [0.15, 0.2) is 35.3 Å². The number of amides is 1. The fourth-order valence-electron chi connectivity index (χ4n) is 2.37. The fourth-order valence-corrected chi connectivity index (χ4v) is 2.37. The van der Waals surface area contributed by atoms with E-state index in [-0.39, 0.29) is 23.3 Å². The maximum Gasteiger partial charge on any atom is 0.287 e. The monoisotopic (exact) mass is 302 g/mol. The van der Waals surface area contributed by atoms with Crippen molar-refractivity contribution in [2.75, 3.05) is 0 Å². The van der Waals surface area contributed by atoms with Crippen molar-refractivity contribution in [1.82, 2.24) is 20.1 Å². The molecule has 0 aliphatic heterocycles. The number of halogens is 1. The molecule has 0 bridgehead atoms. The first kappa shape index (κ1) is 14.2. The summed E-state index contributed by atoms with van der Waals surface area (Å²) in [5.74, 6) is -0.721. The van der Waals surface area contributed by atoms with Crippen molar-refractivity contribution in [2.24, 2.45) is 0 Å². The van der Waals surface area contributed by atoms with E-state index in [9.17, 15) is 9.18 Å². The largest absolute Gasteiger partial charge is 0.448 e. The highest BCUT2D eigenvalue weighted by atomic mass is 19.1. The Hall–Kier alpha value is -2.70. The minimum atomic E-state index is -0.477. The van der Waals surface area contributed by atoms with Crippen LogP contribution >= 0.6 is 0 Å². The first-order valence-corrected chi connectivity index (χ1v) is 6.87. The Morgan fingerprint density at radius 2 is 2.32 bits per heavy atom. The topological polar surface area (TPSA) is 73.0 Å². The quantitative estimate of drug-likeness (QED) is 0.802. The third kappa shape index (κ3) is 2.57. The van der Waals surface area contributed by atoms with Crippen molar-refractivity contribution in [2.45, 2.75) is 26.4 Å². The SMILES string of the molecule is Cc1c(C(=O)NC(C)Cn2cncn2)oc2c(F)cccc12. The van der Waals surface area contributed by atoms with Gasteiger partial charge in [-0.2, -0.15) is 5.10 Å². The van der Waals surface area contributed by atoms with E-state index in [1.165, 1.54) is 12.4 Å². The molecule has 6 nitrogen and oxygen atoms in total. The average molecular weight is 302 g/mol. The highest BCUT2D eigenvalue weighted by molar-refractivity contribution is 5.99. The predicted octanol–water partition coefficient (Wildman–Crippen LogP) is 2.29. The van der Waals surface area contributed by atoms with E-state index in [1.54, 1.807) is 30.1 Å². The second-order valence-corrected chi connectivity index (χ2v) is 5.16. The van der Waals surface area contributed by atoms with Gasteiger partial charge in [-0.15, -0.1) is 0 Å². The zero-order chi connectivity index (χ0) is 15.7. The Kier molecular flexibility index (Phi) is 3.62. The summed E-state index contributed by atoms with van der Waals surface area (Å²) in [7, 11) is 0. The number of hydrogen-bond donors (Lipinski definition) is 1. The molecule has 0 spiro atoms. The summed E-state index contributed by atoms with van der Waals surface area (Å²) in [6.45, 7) is 4.07. The lowest BCUT2D eigenvalue weighted by atomic mass is 10.1. The number of para-hydroxylation sites is 1. The number of nitrogens with one attached hydrogen (secondary N) is 1. The average Bonchev–Trinajstić information content (AvgIpc) is 3.08. The van der Waals surface area contributed by atoms with Crippen LogP contribution in [0.4, 0.5) is 4.39 Å². The molecule has 0 fully saturated rings. The molecule has 1 unspecified atom stereocenters. The fraction of sp³-hybridized carbons (Fsp3) is 0.267. The molecule has 1 N–H and O–H groups in total. The molecule has 0 saturated heterocycles. The van der Waals surface area contributed by atoms with Gasteiger partial charge in [0.2, 0.25) is 0 Å². The van der Waals surface area contributed by atoms with E-state index < -0.39 is 5.82 Å². The van der Waals surface area contributed by atoms with E-state index in [0.29, 0.717) is 17.5 Å². The van der Waals surface area contributed by atoms with Crippen molar-refractivity contribution in [1.29, 1.82) is 0 Å². The Balaban J connectivity index is 1.80. The van der Waals surface area contributed by atoms with E-state index >= 15 is 0 Å². The van der Waals surface area contributed by atoms with Crippen LogP contribution in [-0.4, -0.2) is 26.7 Å². The van der Waals surface area contributed by atoms with Gasteiger partial charge in [0, 0.05) is 17.0 Å². The summed E-state index contributed by atoms with van der Waals surface area (Å²) in [5.41, 5.74) is 0.731. The van der Waals surface area contributed by atoms with Crippen molar-refractivity contribution < 1.29 is 13.6 Å². The van der Waals surface area contributed by atoms with Crippen LogP contribution < -0.4 is 5.32 Å². The van der Waals surface area contributed by atoms with Gasteiger partial charge < -0.3 is 9.73 Å². The van der Waals surface area contributed by atoms with Crippen LogP contribution in [0.2, 0.25) is 0 Å². The van der Waals surface area contributed by atoms with Crippen LogP contribution in [0.5, 0.6) is 0 Å². The lowest BCUT2D eigenvalue weighted by Gasteiger charge is -2.12. The standard InChI is InChI=1S/C15H15FN4O2/c1-9(6-20-8-17-7-18-20)19-15(21)13-10(2)11-4-3-5-12(16)14(11)22-13/h3-5,7-9H,6H2,1-2H3,(H,19,21). The van der Waals surface area contributed by atoms with Crippen molar-refractivity contribution in [3.05, 3.63) is 48.0 Å². The zero-order valence-corrected chi connectivity index (χ0v) is 12.2. The van der Waals surface area contributed by atoms with Gasteiger partial charge in [-0.05, 0) is 19.9 Å². The minimum Gasteiger partial charge on any atom is -0.448 e. The number of nitrogens with zero attached hydrogens (tertiary/aromatic N) is 3. The number of carbonyl (C=O) groups is 1. The Labute approximate surface area is 125 Å². The molecular weight excluding hydrogens is 287 g/mol. The molecule has 3 aromatic rings.